The summed E-state index contributed by atoms with van der Waals surface area (Å²) in [5.74, 6) is 0.0827. The van der Waals surface area contributed by atoms with Crippen LogP contribution in [0.4, 0.5) is 0 Å². The van der Waals surface area contributed by atoms with Gasteiger partial charge >= 0.3 is 0 Å². The van der Waals surface area contributed by atoms with Crippen LogP contribution in [-0.4, -0.2) is 48.9 Å². The molecule has 0 radical (unpaired) electrons. The largest absolute Gasteiger partial charge is 0.353 e. The summed E-state index contributed by atoms with van der Waals surface area (Å²) in [6, 6.07) is 0.413. The molecule has 2 N–H and O–H groups in total. The van der Waals surface area contributed by atoms with Crippen LogP contribution in [0, 0.1) is 0 Å². The van der Waals surface area contributed by atoms with Gasteiger partial charge in [0, 0.05) is 25.6 Å². The summed E-state index contributed by atoms with van der Waals surface area (Å²) in [6.45, 7) is 2.69. The van der Waals surface area contributed by atoms with Crippen LogP contribution in [-0.2, 0) is 9.59 Å². The second kappa shape index (κ2) is 7.59. The molecule has 0 spiro atoms. The van der Waals surface area contributed by atoms with Gasteiger partial charge in [0.15, 0.2) is 0 Å². The first-order chi connectivity index (χ1) is 8.25. The van der Waals surface area contributed by atoms with Gasteiger partial charge in [-0.05, 0) is 32.2 Å². The zero-order chi connectivity index (χ0) is 12.1. The lowest BCUT2D eigenvalue weighted by atomic mass is 10.1. The highest BCUT2D eigenvalue weighted by atomic mass is 35.5. The molecule has 104 valence electrons. The highest BCUT2D eigenvalue weighted by Gasteiger charge is 2.21. The number of amides is 2. The molecule has 0 aromatic rings. The van der Waals surface area contributed by atoms with E-state index in [0.29, 0.717) is 19.0 Å². The van der Waals surface area contributed by atoms with Crippen LogP contribution in [0.2, 0.25) is 0 Å². The number of piperidine rings is 1. The Labute approximate surface area is 114 Å². The number of carbonyl (C=O) groups is 2. The smallest absolute Gasteiger partial charge is 0.239 e. The molecule has 0 aromatic carbocycles. The molecule has 0 aromatic heterocycles. The van der Waals surface area contributed by atoms with Crippen LogP contribution in [0.3, 0.4) is 0 Å². The molecule has 5 nitrogen and oxygen atoms in total. The minimum absolute atomic E-state index is 0. The first kappa shape index (κ1) is 15.2. The van der Waals surface area contributed by atoms with E-state index in [4.69, 9.17) is 0 Å². The third-order valence-electron chi connectivity index (χ3n) is 3.46. The van der Waals surface area contributed by atoms with Gasteiger partial charge in [0.05, 0.1) is 6.54 Å². The third-order valence-corrected chi connectivity index (χ3v) is 3.46. The topological polar surface area (TPSA) is 61.4 Å². The number of hydrogen-bond donors (Lipinski definition) is 2. The van der Waals surface area contributed by atoms with Crippen molar-refractivity contribution in [2.24, 2.45) is 0 Å². The highest BCUT2D eigenvalue weighted by Crippen LogP contribution is 2.09. The van der Waals surface area contributed by atoms with Crippen LogP contribution in [0.25, 0.3) is 0 Å². The molecular formula is C12H22ClN3O2. The van der Waals surface area contributed by atoms with Gasteiger partial charge in [-0.2, -0.15) is 0 Å². The highest BCUT2D eigenvalue weighted by molar-refractivity contribution is 5.85. The number of nitrogens with one attached hydrogen (secondary N) is 2. The van der Waals surface area contributed by atoms with E-state index < -0.39 is 0 Å². The molecule has 0 saturated carbocycles. The van der Waals surface area contributed by atoms with Crippen molar-refractivity contribution in [3.05, 3.63) is 0 Å². The Morgan fingerprint density at radius 2 is 2.22 bits per heavy atom. The molecule has 2 aliphatic rings. The van der Waals surface area contributed by atoms with E-state index in [1.165, 1.54) is 6.42 Å². The fourth-order valence-electron chi connectivity index (χ4n) is 2.43. The van der Waals surface area contributed by atoms with Crippen LogP contribution in [0.1, 0.15) is 32.1 Å². The summed E-state index contributed by atoms with van der Waals surface area (Å²) in [7, 11) is 0. The van der Waals surface area contributed by atoms with E-state index in [0.717, 1.165) is 32.4 Å². The fourth-order valence-corrected chi connectivity index (χ4v) is 2.43. The van der Waals surface area contributed by atoms with Crippen molar-refractivity contribution in [2.45, 2.75) is 38.1 Å². The molecule has 1 atom stereocenters. The number of halogens is 1. The standard InChI is InChI=1S/C12H21N3O2.ClH/c16-11(14-8-10-4-3-6-13-10)9-15-7-2-1-5-12(15)17;/h10,13H,1-9H2,(H,14,16);1H. The first-order valence-corrected chi connectivity index (χ1v) is 6.53. The minimum atomic E-state index is -0.0334. The molecule has 2 fully saturated rings. The molecule has 0 bridgehead atoms. The van der Waals surface area contributed by atoms with E-state index in [1.807, 2.05) is 0 Å². The zero-order valence-corrected chi connectivity index (χ0v) is 11.4. The molecule has 2 rings (SSSR count). The Morgan fingerprint density at radius 1 is 1.39 bits per heavy atom. The van der Waals surface area contributed by atoms with E-state index in [9.17, 15) is 9.59 Å². The molecule has 18 heavy (non-hydrogen) atoms. The lowest BCUT2D eigenvalue weighted by molar-refractivity contribution is -0.137. The van der Waals surface area contributed by atoms with Gasteiger partial charge in [-0.15, -0.1) is 12.4 Å². The van der Waals surface area contributed by atoms with Gasteiger partial charge in [-0.3, -0.25) is 9.59 Å². The molecule has 2 heterocycles. The number of likely N-dealkylation sites (tertiary alicyclic amines) is 1. The average Bonchev–Trinajstić information content (AvgIpc) is 2.82. The predicted octanol–water partition coefficient (Wildman–Crippen LogP) is 0.289. The van der Waals surface area contributed by atoms with Gasteiger partial charge in [0.2, 0.25) is 11.8 Å². The van der Waals surface area contributed by atoms with Gasteiger partial charge in [0.1, 0.15) is 0 Å². The van der Waals surface area contributed by atoms with E-state index in [1.54, 1.807) is 4.90 Å². The van der Waals surface area contributed by atoms with Gasteiger partial charge in [-0.1, -0.05) is 0 Å². The maximum atomic E-state index is 11.7. The van der Waals surface area contributed by atoms with E-state index in [-0.39, 0.29) is 30.8 Å². The third kappa shape index (κ3) is 4.46. The Morgan fingerprint density at radius 3 is 2.89 bits per heavy atom. The molecule has 2 saturated heterocycles. The van der Waals surface area contributed by atoms with Gasteiger partial charge < -0.3 is 15.5 Å². The summed E-state index contributed by atoms with van der Waals surface area (Å²) < 4.78 is 0. The Balaban J connectivity index is 0.00000162. The maximum absolute atomic E-state index is 11.7. The van der Waals surface area contributed by atoms with Gasteiger partial charge in [-0.25, -0.2) is 0 Å². The van der Waals surface area contributed by atoms with Crippen LogP contribution in [0.5, 0.6) is 0 Å². The van der Waals surface area contributed by atoms with Crippen molar-refractivity contribution in [1.29, 1.82) is 0 Å². The molecule has 2 aliphatic heterocycles. The van der Waals surface area contributed by atoms with Crippen LogP contribution >= 0.6 is 12.4 Å². The number of hydrogen-bond acceptors (Lipinski definition) is 3. The van der Waals surface area contributed by atoms with Crippen molar-refractivity contribution < 1.29 is 9.59 Å². The van der Waals surface area contributed by atoms with Crippen molar-refractivity contribution in [3.8, 4) is 0 Å². The first-order valence-electron chi connectivity index (χ1n) is 6.53. The second-order valence-corrected chi connectivity index (χ2v) is 4.87. The van der Waals surface area contributed by atoms with Crippen molar-refractivity contribution >= 4 is 24.2 Å². The molecule has 2 amide bonds. The summed E-state index contributed by atoms with van der Waals surface area (Å²) in [5.41, 5.74) is 0. The molecule has 6 heteroatoms. The molecule has 1 unspecified atom stereocenters. The molecule has 0 aliphatic carbocycles. The van der Waals surface area contributed by atoms with Crippen molar-refractivity contribution in [3.63, 3.8) is 0 Å². The van der Waals surface area contributed by atoms with Crippen LogP contribution < -0.4 is 10.6 Å². The SMILES string of the molecule is Cl.O=C(CN1CCCCC1=O)NCC1CCCN1. The fraction of sp³-hybridized carbons (Fsp3) is 0.833. The lowest BCUT2D eigenvalue weighted by Gasteiger charge is -2.26. The van der Waals surface area contributed by atoms with Crippen molar-refractivity contribution in [2.75, 3.05) is 26.2 Å². The van der Waals surface area contributed by atoms with E-state index in [2.05, 4.69) is 10.6 Å². The number of nitrogens with zero attached hydrogens (tertiary/aromatic N) is 1. The minimum Gasteiger partial charge on any atom is -0.353 e. The Bertz CT molecular complexity index is 293. The van der Waals surface area contributed by atoms with Crippen LogP contribution in [0.15, 0.2) is 0 Å². The van der Waals surface area contributed by atoms with Gasteiger partial charge in [0.25, 0.3) is 0 Å². The second-order valence-electron chi connectivity index (χ2n) is 4.87. The summed E-state index contributed by atoms with van der Waals surface area (Å²) >= 11 is 0. The normalized spacial score (nSPS) is 23.7. The summed E-state index contributed by atoms with van der Waals surface area (Å²) in [6.07, 6.45) is 4.89. The van der Waals surface area contributed by atoms with Crippen molar-refractivity contribution in [1.82, 2.24) is 15.5 Å². The number of rotatable bonds is 4. The maximum Gasteiger partial charge on any atom is 0.239 e. The Kier molecular flexibility index (Phi) is 6.43. The predicted molar refractivity (Wildman–Crippen MR) is 71.7 cm³/mol. The zero-order valence-electron chi connectivity index (χ0n) is 10.6. The van der Waals surface area contributed by atoms with E-state index >= 15 is 0 Å². The summed E-state index contributed by atoms with van der Waals surface area (Å²) in [5, 5.41) is 6.23. The quantitative estimate of drug-likeness (QED) is 0.775. The molecular weight excluding hydrogens is 254 g/mol. The summed E-state index contributed by atoms with van der Waals surface area (Å²) in [4.78, 5) is 24.9. The lowest BCUT2D eigenvalue weighted by Crippen LogP contribution is -2.45. The Hall–Kier alpha value is -0.810. The monoisotopic (exact) mass is 275 g/mol. The number of carbonyl (C=O) groups excluding carboxylic acids is 2. The average molecular weight is 276 g/mol.